The monoisotopic (exact) mass is 343 g/mol. The Balaban J connectivity index is -0.0000000212. The first-order chi connectivity index (χ1) is 8.61. The van der Waals surface area contributed by atoms with Gasteiger partial charge >= 0.3 is 37.7 Å². The Kier molecular flexibility index (Phi) is 64.7. The number of hydrogen-bond donors (Lipinski definition) is 7. The molecule has 0 rings (SSSR count). The minimum atomic E-state index is -0.833. The van der Waals surface area contributed by atoms with E-state index in [0.717, 1.165) is 27.3 Å². The van der Waals surface area contributed by atoms with E-state index in [0.29, 0.717) is 13.1 Å². The van der Waals surface area contributed by atoms with Gasteiger partial charge in [0.05, 0.1) is 6.61 Å². The zero-order valence-electron chi connectivity index (χ0n) is 14.8. The predicted molar refractivity (Wildman–Crippen MR) is 81.9 cm³/mol. The number of nitrogens with one attached hydrogen (secondary N) is 1. The number of carbonyl (C=O) groups is 3. The van der Waals surface area contributed by atoms with E-state index in [-0.39, 0.29) is 53.3 Å². The van der Waals surface area contributed by atoms with Crippen LogP contribution < -0.4 is 17.2 Å². The van der Waals surface area contributed by atoms with Crippen molar-refractivity contribution in [2.24, 2.45) is 5.73 Å². The third-order valence-electron chi connectivity index (χ3n) is 0.610. The predicted octanol–water partition coefficient (Wildman–Crippen LogP) is -1.19. The van der Waals surface area contributed by atoms with Crippen molar-refractivity contribution >= 4 is 55.6 Å². The fourth-order valence-corrected chi connectivity index (χ4v) is 0.306. The second kappa shape index (κ2) is 36.6. The Hall–Kier alpha value is -0.490. The van der Waals surface area contributed by atoms with Crippen molar-refractivity contribution in [1.82, 2.24) is 11.5 Å². The number of rotatable bonds is 4. The van der Waals surface area contributed by atoms with E-state index in [2.05, 4.69) is 5.32 Å². The van der Waals surface area contributed by atoms with Gasteiger partial charge in [-0.05, 0) is 0 Å². The van der Waals surface area contributed by atoms with Crippen LogP contribution in [0.4, 0.5) is 0 Å². The fourth-order valence-electron chi connectivity index (χ4n) is 0.306. The van der Waals surface area contributed by atoms with Gasteiger partial charge in [0, 0.05) is 40.4 Å². The Labute approximate surface area is 157 Å². The van der Waals surface area contributed by atoms with Crippen LogP contribution in [0.25, 0.3) is 0 Å². The van der Waals surface area contributed by atoms with Crippen molar-refractivity contribution < 1.29 is 37.7 Å². The summed E-state index contributed by atoms with van der Waals surface area (Å²) in [5, 5.41) is 33.3. The van der Waals surface area contributed by atoms with Gasteiger partial charge in [0.25, 0.3) is 17.9 Å². The summed E-state index contributed by atoms with van der Waals surface area (Å²) in [7, 11) is 0. The van der Waals surface area contributed by atoms with Gasteiger partial charge in [0.15, 0.2) is 0 Å². The molecule has 11 heteroatoms. The van der Waals surface area contributed by atoms with Crippen LogP contribution in [0.3, 0.4) is 0 Å². The number of carboxylic acids is 3. The van der Waals surface area contributed by atoms with Gasteiger partial charge in [0.1, 0.15) is 0 Å². The van der Waals surface area contributed by atoms with Crippen LogP contribution in [0.15, 0.2) is 0 Å². The van der Waals surface area contributed by atoms with E-state index >= 15 is 0 Å². The first-order valence-corrected chi connectivity index (χ1v) is 5.21. The molecule has 21 heavy (non-hydrogen) atoms. The molecular weight excluding hydrogens is 314 g/mol. The average molecular weight is 343 g/mol. The van der Waals surface area contributed by atoms with Crippen molar-refractivity contribution in [3.05, 3.63) is 0 Å². The summed E-state index contributed by atoms with van der Waals surface area (Å²) in [5.41, 5.74) is 5.13. The number of aliphatic hydroxyl groups excluding tert-OH is 1. The number of aliphatic hydroxyl groups is 1. The van der Waals surface area contributed by atoms with Gasteiger partial charge in [-0.15, -0.1) is 0 Å². The van der Waals surface area contributed by atoms with Crippen molar-refractivity contribution in [1.29, 1.82) is 0 Å². The van der Waals surface area contributed by atoms with Gasteiger partial charge in [-0.2, -0.15) is 0 Å². The molecule has 0 aromatic heterocycles. The molecule has 0 heterocycles. The van der Waals surface area contributed by atoms with Crippen LogP contribution in [0.1, 0.15) is 23.6 Å². The van der Waals surface area contributed by atoms with Crippen molar-refractivity contribution in [3.63, 3.8) is 0 Å². The Morgan fingerprint density at radius 1 is 0.952 bits per heavy atom. The molecule has 0 aromatic carbocycles. The van der Waals surface area contributed by atoms with Gasteiger partial charge in [0.2, 0.25) is 0 Å². The van der Waals surface area contributed by atoms with Crippen LogP contribution in [0, 0.1) is 0 Å². The molecule has 0 aliphatic carbocycles. The van der Waals surface area contributed by atoms with Crippen molar-refractivity contribution in [2.75, 3.05) is 26.2 Å². The van der Waals surface area contributed by atoms with Crippen LogP contribution in [0.2, 0.25) is 0 Å². The molecule has 10 nitrogen and oxygen atoms in total. The molecule has 0 aromatic rings. The summed E-state index contributed by atoms with van der Waals surface area (Å²) in [6.07, 6.45) is 0. The topological polar surface area (TPSA) is 205 Å². The maximum Gasteiger partial charge on any atom is 2.00 e. The second-order valence-electron chi connectivity index (χ2n) is 2.82. The zero-order valence-corrected chi connectivity index (χ0v) is 15.0. The standard InChI is InChI=1S/C4H12N2O.3C2H4O2.Ca.H3N.2H/c5-1-2-6-3-4-7;3*1-2(3)4;;;;/h6-7H,1-5H2;3*1H3,(H,3,4);;1H3;;/q;;;;+2;;2*-1. The van der Waals surface area contributed by atoms with E-state index in [1.165, 1.54) is 0 Å². The fraction of sp³-hybridized carbons (Fsp3) is 0.700. The number of carboxylic acid groups (broad SMARTS) is 3. The zero-order chi connectivity index (χ0) is 16.3. The second-order valence-corrected chi connectivity index (χ2v) is 2.82. The summed E-state index contributed by atoms with van der Waals surface area (Å²) < 4.78 is 0. The summed E-state index contributed by atoms with van der Waals surface area (Å²) >= 11 is 0. The number of nitrogens with two attached hydrogens (primary N) is 1. The Morgan fingerprint density at radius 2 is 1.19 bits per heavy atom. The first kappa shape index (κ1) is 37.1. The normalized spacial score (nSPS) is 6.71. The van der Waals surface area contributed by atoms with E-state index in [1.807, 2.05) is 0 Å². The molecule has 128 valence electrons. The SMILES string of the molecule is CC(=O)O.CC(=O)O.CC(=O)O.N.NCCNCCO.[Ca+2].[H-].[H-]. The molecule has 0 saturated carbocycles. The van der Waals surface area contributed by atoms with E-state index in [4.69, 9.17) is 40.5 Å². The van der Waals surface area contributed by atoms with E-state index in [1.54, 1.807) is 0 Å². The van der Waals surface area contributed by atoms with Crippen LogP contribution in [-0.2, 0) is 14.4 Å². The van der Waals surface area contributed by atoms with Crippen molar-refractivity contribution in [3.8, 4) is 0 Å². The molecule has 10 N–H and O–H groups in total. The summed E-state index contributed by atoms with van der Waals surface area (Å²) in [5.74, 6) is -2.50. The maximum atomic E-state index is 9.00. The quantitative estimate of drug-likeness (QED) is 0.240. The van der Waals surface area contributed by atoms with E-state index in [9.17, 15) is 0 Å². The van der Waals surface area contributed by atoms with Crippen LogP contribution in [0.5, 0.6) is 0 Å². The largest absolute Gasteiger partial charge is 2.00 e. The maximum absolute atomic E-state index is 9.00. The Morgan fingerprint density at radius 3 is 1.33 bits per heavy atom. The molecule has 0 amide bonds. The minimum absolute atomic E-state index is 0. The molecule has 0 aliphatic heterocycles. The van der Waals surface area contributed by atoms with Crippen LogP contribution >= 0.6 is 0 Å². The number of hydrogen-bond acceptors (Lipinski definition) is 7. The van der Waals surface area contributed by atoms with Gasteiger partial charge < -0.3 is 40.5 Å². The molecular formula is C10H29CaN3O7. The van der Waals surface area contributed by atoms with E-state index < -0.39 is 17.9 Å². The summed E-state index contributed by atoms with van der Waals surface area (Å²) in [6, 6.07) is 0. The molecule has 0 atom stereocenters. The van der Waals surface area contributed by atoms with Gasteiger partial charge in [-0.3, -0.25) is 14.4 Å². The molecule has 0 spiro atoms. The number of aliphatic carboxylic acids is 3. The average Bonchev–Trinajstić information content (AvgIpc) is 2.15. The molecule has 0 unspecified atom stereocenters. The molecule has 0 saturated heterocycles. The summed E-state index contributed by atoms with van der Waals surface area (Å²) in [4.78, 5) is 27.0. The molecule has 0 aliphatic rings. The third kappa shape index (κ3) is 486. The smallest absolute Gasteiger partial charge is 1.00 e. The third-order valence-corrected chi connectivity index (χ3v) is 0.610. The van der Waals surface area contributed by atoms with Crippen LogP contribution in [-0.4, -0.2) is 102 Å². The minimum Gasteiger partial charge on any atom is -1.00 e. The Bertz CT molecular complexity index is 196. The molecule has 0 radical (unpaired) electrons. The van der Waals surface area contributed by atoms with Crippen molar-refractivity contribution in [2.45, 2.75) is 20.8 Å². The molecule has 0 bridgehead atoms. The first-order valence-electron chi connectivity index (χ1n) is 5.21. The van der Waals surface area contributed by atoms with Gasteiger partial charge in [-0.25, -0.2) is 0 Å². The molecule has 0 fully saturated rings. The summed E-state index contributed by atoms with van der Waals surface area (Å²) in [6.45, 7) is 5.53. The van der Waals surface area contributed by atoms with Gasteiger partial charge in [-0.1, -0.05) is 0 Å².